The van der Waals surface area contributed by atoms with Crippen LogP contribution in [0.5, 0.6) is 0 Å². The van der Waals surface area contributed by atoms with Crippen LogP contribution in [0.1, 0.15) is 15.9 Å². The molecule has 8 heteroatoms. The van der Waals surface area contributed by atoms with E-state index in [1.54, 1.807) is 48.5 Å². The van der Waals surface area contributed by atoms with Gasteiger partial charge in [0.25, 0.3) is 10.0 Å². The van der Waals surface area contributed by atoms with Gasteiger partial charge in [-0.05, 0) is 43.3 Å². The quantitative estimate of drug-likeness (QED) is 0.663. The number of hydrogen-bond acceptors (Lipinski definition) is 4. The number of benzene rings is 3. The number of anilines is 2. The van der Waals surface area contributed by atoms with E-state index < -0.39 is 22.0 Å². The summed E-state index contributed by atoms with van der Waals surface area (Å²) in [5, 5.41) is 9.50. The number of carboxylic acid groups (broad SMARTS) is 1. The van der Waals surface area contributed by atoms with Crippen molar-refractivity contribution < 1.29 is 23.1 Å². The van der Waals surface area contributed by atoms with Gasteiger partial charge in [-0.2, -0.15) is 0 Å². The summed E-state index contributed by atoms with van der Waals surface area (Å²) in [4.78, 5) is 25.6. The fraction of sp³-hybridized carbons (Fsp3) is 0.0476. The number of carbonyl (C=O) groups is 2. The molecule has 0 aliphatic heterocycles. The van der Waals surface area contributed by atoms with Gasteiger partial charge < -0.3 is 5.11 Å². The van der Waals surface area contributed by atoms with Crippen LogP contribution in [0.2, 0.25) is 0 Å². The second-order valence-electron chi connectivity index (χ2n) is 6.22. The maximum absolute atomic E-state index is 13.0. The zero-order chi connectivity index (χ0) is 21.0. The number of carbonyl (C=O) groups excluding carboxylic acids is 1. The van der Waals surface area contributed by atoms with Gasteiger partial charge >= 0.3 is 12.0 Å². The first kappa shape index (κ1) is 20.1. The monoisotopic (exact) mass is 410 g/mol. The summed E-state index contributed by atoms with van der Waals surface area (Å²) in [6.07, 6.45) is 0. The molecule has 0 saturated carbocycles. The predicted molar refractivity (Wildman–Crippen MR) is 109 cm³/mol. The number of carboxylic acids is 1. The average molecular weight is 410 g/mol. The lowest BCUT2D eigenvalue weighted by Crippen LogP contribution is -2.41. The number of sulfonamides is 1. The van der Waals surface area contributed by atoms with Crippen molar-refractivity contribution in [2.75, 3.05) is 4.90 Å². The summed E-state index contributed by atoms with van der Waals surface area (Å²) in [6, 6.07) is 19.1. The summed E-state index contributed by atoms with van der Waals surface area (Å²) in [7, 11) is -4.16. The topological polar surface area (TPSA) is 104 Å². The van der Waals surface area contributed by atoms with Crippen LogP contribution in [0.3, 0.4) is 0 Å². The van der Waals surface area contributed by atoms with Gasteiger partial charge in [0, 0.05) is 0 Å². The molecule has 3 aromatic carbocycles. The number of amides is 2. The van der Waals surface area contributed by atoms with Gasteiger partial charge in [0.05, 0.1) is 21.8 Å². The molecule has 0 aliphatic carbocycles. The highest BCUT2D eigenvalue weighted by Gasteiger charge is 2.27. The number of aromatic carboxylic acids is 1. The Hall–Kier alpha value is -3.65. The average Bonchev–Trinajstić information content (AvgIpc) is 2.69. The summed E-state index contributed by atoms with van der Waals surface area (Å²) >= 11 is 0. The maximum Gasteiger partial charge on any atom is 0.340 e. The molecule has 0 atom stereocenters. The summed E-state index contributed by atoms with van der Waals surface area (Å²) < 4.78 is 27.4. The molecule has 0 unspecified atom stereocenters. The minimum Gasteiger partial charge on any atom is -0.478 e. The Morgan fingerprint density at radius 3 is 2.07 bits per heavy atom. The number of rotatable bonds is 5. The van der Waals surface area contributed by atoms with Crippen molar-refractivity contribution in [2.24, 2.45) is 0 Å². The Labute approximate surface area is 168 Å². The van der Waals surface area contributed by atoms with Crippen molar-refractivity contribution in [1.82, 2.24) is 4.72 Å². The van der Waals surface area contributed by atoms with Crippen LogP contribution < -0.4 is 9.62 Å². The molecule has 0 heterocycles. The molecule has 0 radical (unpaired) electrons. The van der Waals surface area contributed by atoms with Crippen molar-refractivity contribution in [2.45, 2.75) is 11.8 Å². The van der Waals surface area contributed by atoms with Gasteiger partial charge in [-0.15, -0.1) is 0 Å². The molecule has 3 aromatic rings. The van der Waals surface area contributed by atoms with Crippen LogP contribution in [0.25, 0.3) is 0 Å². The number of para-hydroxylation sites is 2. The molecule has 0 fully saturated rings. The lowest BCUT2D eigenvalue weighted by Gasteiger charge is -2.24. The fourth-order valence-electron chi connectivity index (χ4n) is 2.73. The molecular formula is C21H18N2O5S. The van der Waals surface area contributed by atoms with Crippen molar-refractivity contribution in [3.8, 4) is 0 Å². The van der Waals surface area contributed by atoms with E-state index in [4.69, 9.17) is 0 Å². The van der Waals surface area contributed by atoms with Crippen LogP contribution in [0.4, 0.5) is 16.2 Å². The zero-order valence-corrected chi connectivity index (χ0v) is 16.3. The first-order valence-electron chi connectivity index (χ1n) is 8.60. The number of urea groups is 1. The van der Waals surface area contributed by atoms with Gasteiger partial charge in [0.15, 0.2) is 0 Å². The van der Waals surface area contributed by atoms with Crippen molar-refractivity contribution in [3.63, 3.8) is 0 Å². The summed E-state index contributed by atoms with van der Waals surface area (Å²) in [5.74, 6) is -1.24. The molecule has 7 nitrogen and oxygen atoms in total. The Morgan fingerprint density at radius 1 is 0.862 bits per heavy atom. The van der Waals surface area contributed by atoms with Crippen LogP contribution in [0.15, 0.2) is 83.8 Å². The van der Waals surface area contributed by atoms with Crippen LogP contribution in [0, 0.1) is 6.92 Å². The molecule has 3 rings (SSSR count). The number of nitrogens with one attached hydrogen (secondary N) is 1. The second-order valence-corrected chi connectivity index (χ2v) is 7.90. The first-order chi connectivity index (χ1) is 13.8. The predicted octanol–water partition coefficient (Wildman–Crippen LogP) is 3.93. The second kappa shape index (κ2) is 8.15. The van der Waals surface area contributed by atoms with Gasteiger partial charge in [-0.1, -0.05) is 48.0 Å². The third-order valence-electron chi connectivity index (χ3n) is 4.15. The molecule has 0 saturated heterocycles. The van der Waals surface area contributed by atoms with Crippen LogP contribution in [-0.2, 0) is 10.0 Å². The minimum absolute atomic E-state index is 0.0443. The number of nitrogens with zero attached hydrogens (tertiary/aromatic N) is 1. The van der Waals surface area contributed by atoms with Gasteiger partial charge in [0.1, 0.15) is 0 Å². The van der Waals surface area contributed by atoms with Crippen LogP contribution in [-0.4, -0.2) is 25.5 Å². The molecule has 0 spiro atoms. The first-order valence-corrected chi connectivity index (χ1v) is 10.1. The SMILES string of the molecule is Cc1ccc(S(=O)(=O)NC(=O)N(c2ccccc2)c2ccccc2C(=O)O)cc1. The molecule has 0 aromatic heterocycles. The third kappa shape index (κ3) is 4.44. The van der Waals surface area contributed by atoms with E-state index in [1.165, 1.54) is 30.3 Å². The largest absolute Gasteiger partial charge is 0.478 e. The Kier molecular flexibility index (Phi) is 5.65. The van der Waals surface area contributed by atoms with E-state index in [0.29, 0.717) is 5.69 Å². The van der Waals surface area contributed by atoms with E-state index in [0.717, 1.165) is 10.5 Å². The van der Waals surface area contributed by atoms with Gasteiger partial charge in [-0.25, -0.2) is 22.7 Å². The lowest BCUT2D eigenvalue weighted by molar-refractivity contribution is 0.0698. The van der Waals surface area contributed by atoms with Crippen molar-refractivity contribution in [1.29, 1.82) is 0 Å². The smallest absolute Gasteiger partial charge is 0.340 e. The highest BCUT2D eigenvalue weighted by molar-refractivity contribution is 7.90. The maximum atomic E-state index is 13.0. The lowest BCUT2D eigenvalue weighted by atomic mass is 10.1. The molecule has 2 N–H and O–H groups in total. The number of hydrogen-bond donors (Lipinski definition) is 2. The molecule has 148 valence electrons. The standard InChI is InChI=1S/C21H18N2O5S/c1-15-11-13-17(14-12-15)29(27,28)22-21(26)23(16-7-3-2-4-8-16)19-10-6-5-9-18(19)20(24)25/h2-14H,1H3,(H,22,26)(H,24,25). The minimum atomic E-state index is -4.16. The molecule has 29 heavy (non-hydrogen) atoms. The van der Waals surface area contributed by atoms with E-state index in [-0.39, 0.29) is 16.1 Å². The summed E-state index contributed by atoms with van der Waals surface area (Å²) in [6.45, 7) is 1.81. The van der Waals surface area contributed by atoms with Gasteiger partial charge in [-0.3, -0.25) is 4.90 Å². The number of aryl methyl sites for hydroxylation is 1. The van der Waals surface area contributed by atoms with E-state index in [9.17, 15) is 23.1 Å². The Bertz CT molecular complexity index is 1140. The fourth-order valence-corrected chi connectivity index (χ4v) is 3.66. The van der Waals surface area contributed by atoms with E-state index in [1.807, 2.05) is 11.6 Å². The molecule has 0 bridgehead atoms. The van der Waals surface area contributed by atoms with Crippen molar-refractivity contribution >= 4 is 33.4 Å². The van der Waals surface area contributed by atoms with E-state index in [2.05, 4.69) is 0 Å². The van der Waals surface area contributed by atoms with E-state index >= 15 is 0 Å². The van der Waals surface area contributed by atoms with Crippen molar-refractivity contribution in [3.05, 3.63) is 90.0 Å². The normalized spacial score (nSPS) is 10.9. The molecular weight excluding hydrogens is 392 g/mol. The van der Waals surface area contributed by atoms with Crippen LogP contribution >= 0.6 is 0 Å². The third-order valence-corrected chi connectivity index (χ3v) is 5.48. The Balaban J connectivity index is 2.05. The van der Waals surface area contributed by atoms with Gasteiger partial charge in [0.2, 0.25) is 0 Å². The highest BCUT2D eigenvalue weighted by Crippen LogP contribution is 2.29. The zero-order valence-electron chi connectivity index (χ0n) is 15.4. The molecule has 0 aliphatic rings. The Morgan fingerprint density at radius 2 is 1.45 bits per heavy atom. The summed E-state index contributed by atoms with van der Waals surface area (Å²) in [5.41, 5.74) is 1.09. The molecule has 2 amide bonds. The highest BCUT2D eigenvalue weighted by atomic mass is 32.2.